The van der Waals surface area contributed by atoms with Crippen LogP contribution in [0.5, 0.6) is 5.75 Å². The number of hydrogen-bond donors (Lipinski definition) is 1. The first kappa shape index (κ1) is 12.1. The van der Waals surface area contributed by atoms with Crippen LogP contribution >= 0.6 is 15.9 Å². The summed E-state index contributed by atoms with van der Waals surface area (Å²) in [5.74, 6) is 0.709. The maximum atomic E-state index is 9.54. The Morgan fingerprint density at radius 1 is 1.47 bits per heavy atom. The highest BCUT2D eigenvalue weighted by Gasteiger charge is 2.08. The Morgan fingerprint density at radius 3 is 2.76 bits per heavy atom. The number of aromatic nitrogens is 2. The van der Waals surface area contributed by atoms with Crippen LogP contribution < -0.4 is 4.74 Å². The van der Waals surface area contributed by atoms with E-state index < -0.39 is 6.10 Å². The molecule has 1 unspecified atom stereocenters. The molecule has 1 heterocycles. The molecule has 90 valence electrons. The van der Waals surface area contributed by atoms with Crippen LogP contribution in [0.3, 0.4) is 0 Å². The fourth-order valence-electron chi connectivity index (χ4n) is 1.55. The highest BCUT2D eigenvalue weighted by molar-refractivity contribution is 9.10. The average molecular weight is 297 g/mol. The van der Waals surface area contributed by atoms with E-state index in [9.17, 15) is 5.11 Å². The van der Waals surface area contributed by atoms with Gasteiger partial charge in [-0.05, 0) is 24.6 Å². The predicted octanol–water partition coefficient (Wildman–Crippen LogP) is 2.70. The topological polar surface area (TPSA) is 47.3 Å². The SMILES string of the molecule is COc1cnn(-c2ccc(C(C)O)c(Br)c2)c1. The Hall–Kier alpha value is -1.33. The summed E-state index contributed by atoms with van der Waals surface area (Å²) >= 11 is 3.44. The van der Waals surface area contributed by atoms with Crippen molar-refractivity contribution in [2.75, 3.05) is 7.11 Å². The minimum atomic E-state index is -0.495. The van der Waals surface area contributed by atoms with Crippen LogP contribution in [0.1, 0.15) is 18.6 Å². The van der Waals surface area contributed by atoms with Crippen LogP contribution in [0.4, 0.5) is 0 Å². The Morgan fingerprint density at radius 2 is 2.24 bits per heavy atom. The van der Waals surface area contributed by atoms with Crippen LogP contribution in [-0.2, 0) is 0 Å². The third kappa shape index (κ3) is 2.50. The van der Waals surface area contributed by atoms with E-state index in [1.54, 1.807) is 31.1 Å². The summed E-state index contributed by atoms with van der Waals surface area (Å²) in [5, 5.41) is 13.7. The molecule has 0 radical (unpaired) electrons. The lowest BCUT2D eigenvalue weighted by Crippen LogP contribution is -1.97. The molecule has 0 saturated heterocycles. The summed E-state index contributed by atoms with van der Waals surface area (Å²) in [6.45, 7) is 1.73. The van der Waals surface area contributed by atoms with Gasteiger partial charge in [-0.1, -0.05) is 22.0 Å². The van der Waals surface area contributed by atoms with Crippen molar-refractivity contribution < 1.29 is 9.84 Å². The zero-order chi connectivity index (χ0) is 12.4. The van der Waals surface area contributed by atoms with E-state index in [2.05, 4.69) is 21.0 Å². The predicted molar refractivity (Wildman–Crippen MR) is 68.4 cm³/mol. The van der Waals surface area contributed by atoms with Gasteiger partial charge in [0, 0.05) is 4.47 Å². The van der Waals surface area contributed by atoms with Gasteiger partial charge < -0.3 is 9.84 Å². The summed E-state index contributed by atoms with van der Waals surface area (Å²) in [7, 11) is 1.60. The van der Waals surface area contributed by atoms with Crippen LogP contribution in [0.25, 0.3) is 5.69 Å². The van der Waals surface area contributed by atoms with Gasteiger partial charge in [0.25, 0.3) is 0 Å². The first-order chi connectivity index (χ1) is 8.11. The van der Waals surface area contributed by atoms with Gasteiger partial charge in [-0.25, -0.2) is 4.68 Å². The van der Waals surface area contributed by atoms with Crippen LogP contribution in [-0.4, -0.2) is 22.0 Å². The van der Waals surface area contributed by atoms with Gasteiger partial charge in [0.15, 0.2) is 5.75 Å². The summed E-state index contributed by atoms with van der Waals surface area (Å²) in [6.07, 6.45) is 2.95. The molecule has 0 aliphatic carbocycles. The van der Waals surface area contributed by atoms with Crippen molar-refractivity contribution >= 4 is 15.9 Å². The molecule has 0 aliphatic rings. The van der Waals surface area contributed by atoms with Crippen molar-refractivity contribution in [1.82, 2.24) is 9.78 Å². The number of methoxy groups -OCH3 is 1. The monoisotopic (exact) mass is 296 g/mol. The van der Waals surface area contributed by atoms with Crippen molar-refractivity contribution in [1.29, 1.82) is 0 Å². The number of hydrogen-bond acceptors (Lipinski definition) is 3. The standard InChI is InChI=1S/C12H13BrN2O2/c1-8(16)11-4-3-9(5-12(11)13)15-7-10(17-2)6-14-15/h3-8,16H,1-2H3. The second-order valence-corrected chi connectivity index (χ2v) is 4.56. The highest BCUT2D eigenvalue weighted by Crippen LogP contribution is 2.26. The minimum Gasteiger partial charge on any atom is -0.493 e. The van der Waals surface area contributed by atoms with Gasteiger partial charge in [-0.15, -0.1) is 0 Å². The second-order valence-electron chi connectivity index (χ2n) is 3.71. The Bertz CT molecular complexity index is 523. The fourth-order valence-corrected chi connectivity index (χ4v) is 2.25. The number of aliphatic hydroxyl groups is 1. The van der Waals surface area contributed by atoms with Crippen molar-refractivity contribution in [2.24, 2.45) is 0 Å². The molecule has 0 amide bonds. The third-order valence-corrected chi connectivity index (χ3v) is 3.18. The summed E-state index contributed by atoms with van der Waals surface area (Å²) in [4.78, 5) is 0. The largest absolute Gasteiger partial charge is 0.493 e. The average Bonchev–Trinajstić information content (AvgIpc) is 2.76. The summed E-state index contributed by atoms with van der Waals surface area (Å²) in [5.41, 5.74) is 1.76. The zero-order valence-electron chi connectivity index (χ0n) is 9.59. The lowest BCUT2D eigenvalue weighted by Gasteiger charge is -2.09. The van der Waals surface area contributed by atoms with Crippen molar-refractivity contribution in [2.45, 2.75) is 13.0 Å². The van der Waals surface area contributed by atoms with E-state index in [-0.39, 0.29) is 0 Å². The third-order valence-electron chi connectivity index (χ3n) is 2.49. The normalized spacial score (nSPS) is 12.5. The molecule has 0 bridgehead atoms. The summed E-state index contributed by atoms with van der Waals surface area (Å²) < 4.78 is 7.65. The van der Waals surface area contributed by atoms with Crippen molar-refractivity contribution in [3.8, 4) is 11.4 Å². The molecule has 17 heavy (non-hydrogen) atoms. The Labute approximate surface area is 108 Å². The molecule has 5 heteroatoms. The molecule has 1 N–H and O–H groups in total. The van der Waals surface area contributed by atoms with E-state index in [1.165, 1.54) is 0 Å². The van der Waals surface area contributed by atoms with Gasteiger partial charge in [-0.2, -0.15) is 5.10 Å². The molecule has 2 aromatic rings. The van der Waals surface area contributed by atoms with E-state index >= 15 is 0 Å². The highest BCUT2D eigenvalue weighted by atomic mass is 79.9. The number of aliphatic hydroxyl groups excluding tert-OH is 1. The number of ether oxygens (including phenoxy) is 1. The van der Waals surface area contributed by atoms with Crippen molar-refractivity contribution in [3.63, 3.8) is 0 Å². The molecule has 1 atom stereocenters. The maximum Gasteiger partial charge on any atom is 0.157 e. The first-order valence-corrected chi connectivity index (χ1v) is 5.97. The number of benzene rings is 1. The van der Waals surface area contributed by atoms with Gasteiger partial charge >= 0.3 is 0 Å². The molecule has 0 spiro atoms. The zero-order valence-corrected chi connectivity index (χ0v) is 11.2. The first-order valence-electron chi connectivity index (χ1n) is 5.18. The molecule has 1 aromatic heterocycles. The fraction of sp³-hybridized carbons (Fsp3) is 0.250. The second kappa shape index (κ2) is 4.89. The van der Waals surface area contributed by atoms with Crippen molar-refractivity contribution in [3.05, 3.63) is 40.6 Å². The molecule has 1 aromatic carbocycles. The maximum absolute atomic E-state index is 9.54. The van der Waals surface area contributed by atoms with Gasteiger partial charge in [0.05, 0.1) is 31.3 Å². The molecule has 4 nitrogen and oxygen atoms in total. The molecule has 0 saturated carbocycles. The number of nitrogens with zero attached hydrogens (tertiary/aromatic N) is 2. The number of halogens is 1. The van der Waals surface area contributed by atoms with E-state index in [0.717, 1.165) is 15.7 Å². The van der Waals surface area contributed by atoms with E-state index in [0.29, 0.717) is 5.75 Å². The Balaban J connectivity index is 2.37. The van der Waals surface area contributed by atoms with Gasteiger partial charge in [0.1, 0.15) is 0 Å². The summed E-state index contributed by atoms with van der Waals surface area (Å²) in [6, 6.07) is 5.69. The minimum absolute atomic E-state index is 0.495. The van der Waals surface area contributed by atoms with E-state index in [4.69, 9.17) is 4.74 Å². The van der Waals surface area contributed by atoms with Gasteiger partial charge in [-0.3, -0.25) is 0 Å². The molecule has 0 aliphatic heterocycles. The van der Waals surface area contributed by atoms with Crippen LogP contribution in [0.2, 0.25) is 0 Å². The Kier molecular flexibility index (Phi) is 3.49. The molecular formula is C12H13BrN2O2. The quantitative estimate of drug-likeness (QED) is 0.947. The lowest BCUT2D eigenvalue weighted by atomic mass is 10.1. The lowest BCUT2D eigenvalue weighted by molar-refractivity contribution is 0.198. The molecule has 0 fully saturated rings. The number of rotatable bonds is 3. The smallest absolute Gasteiger partial charge is 0.157 e. The molecular weight excluding hydrogens is 284 g/mol. The molecule has 2 rings (SSSR count). The van der Waals surface area contributed by atoms with E-state index in [1.807, 2.05) is 18.2 Å². The van der Waals surface area contributed by atoms with Crippen LogP contribution in [0.15, 0.2) is 35.1 Å². The van der Waals surface area contributed by atoms with Gasteiger partial charge in [0.2, 0.25) is 0 Å². The van der Waals surface area contributed by atoms with Crippen LogP contribution in [0, 0.1) is 0 Å².